The summed E-state index contributed by atoms with van der Waals surface area (Å²) < 4.78 is 1.60. The molecule has 0 bridgehead atoms. The molecule has 7 heteroatoms. The van der Waals surface area contributed by atoms with E-state index in [0.717, 1.165) is 11.3 Å². The molecule has 0 saturated heterocycles. The van der Waals surface area contributed by atoms with Crippen molar-refractivity contribution in [3.8, 4) is 5.69 Å². The summed E-state index contributed by atoms with van der Waals surface area (Å²) in [5, 5.41) is 12.6. The van der Waals surface area contributed by atoms with E-state index >= 15 is 0 Å². The SMILES string of the molecule is Cc1ccc(C(=O)C(C)Sc2nnnn2-c2ccc(Cl)cc2)cc1. The number of nitrogens with zero attached hydrogens (tertiary/aromatic N) is 4. The molecule has 5 nitrogen and oxygen atoms in total. The van der Waals surface area contributed by atoms with Crippen LogP contribution < -0.4 is 0 Å². The van der Waals surface area contributed by atoms with Crippen molar-refractivity contribution in [2.45, 2.75) is 24.3 Å². The van der Waals surface area contributed by atoms with Gasteiger partial charge in [0.1, 0.15) is 0 Å². The van der Waals surface area contributed by atoms with Gasteiger partial charge in [0, 0.05) is 10.6 Å². The molecule has 1 unspecified atom stereocenters. The number of carbonyl (C=O) groups excluding carboxylic acids is 1. The van der Waals surface area contributed by atoms with Gasteiger partial charge >= 0.3 is 0 Å². The van der Waals surface area contributed by atoms with Gasteiger partial charge in [0.05, 0.1) is 10.9 Å². The predicted molar refractivity (Wildman–Crippen MR) is 95.0 cm³/mol. The van der Waals surface area contributed by atoms with E-state index in [2.05, 4.69) is 15.5 Å². The first-order valence-electron chi connectivity index (χ1n) is 7.36. The lowest BCUT2D eigenvalue weighted by atomic mass is 10.1. The van der Waals surface area contributed by atoms with Crippen molar-refractivity contribution in [1.82, 2.24) is 20.2 Å². The molecule has 0 spiro atoms. The number of Topliss-reactive ketones (excluding diaryl/α,β-unsaturated/α-hetero) is 1. The van der Waals surface area contributed by atoms with Gasteiger partial charge in [-0.2, -0.15) is 4.68 Å². The number of carbonyl (C=O) groups is 1. The molecule has 0 aliphatic carbocycles. The van der Waals surface area contributed by atoms with Crippen molar-refractivity contribution in [2.24, 2.45) is 0 Å². The third-order valence-electron chi connectivity index (χ3n) is 3.50. The zero-order chi connectivity index (χ0) is 17.1. The second-order valence-corrected chi connectivity index (χ2v) is 7.08. The smallest absolute Gasteiger partial charge is 0.214 e. The molecule has 3 rings (SSSR count). The minimum Gasteiger partial charge on any atom is -0.293 e. The van der Waals surface area contributed by atoms with Gasteiger partial charge in [-0.1, -0.05) is 53.2 Å². The minimum absolute atomic E-state index is 0.0469. The van der Waals surface area contributed by atoms with Crippen LogP contribution >= 0.6 is 23.4 Å². The van der Waals surface area contributed by atoms with Gasteiger partial charge in [0.15, 0.2) is 5.78 Å². The van der Waals surface area contributed by atoms with Gasteiger partial charge in [0.2, 0.25) is 5.16 Å². The predicted octanol–water partition coefficient (Wildman–Crippen LogP) is 3.99. The Labute approximate surface area is 149 Å². The number of ketones is 1. The van der Waals surface area contributed by atoms with Crippen LogP contribution in [0.2, 0.25) is 5.02 Å². The maximum atomic E-state index is 12.6. The maximum Gasteiger partial charge on any atom is 0.214 e. The van der Waals surface area contributed by atoms with Crippen molar-refractivity contribution in [3.63, 3.8) is 0 Å². The summed E-state index contributed by atoms with van der Waals surface area (Å²) in [5.74, 6) is 0.0469. The molecule has 122 valence electrons. The average Bonchev–Trinajstić information content (AvgIpc) is 3.03. The summed E-state index contributed by atoms with van der Waals surface area (Å²) in [4.78, 5) is 12.6. The summed E-state index contributed by atoms with van der Waals surface area (Å²) in [7, 11) is 0. The largest absolute Gasteiger partial charge is 0.293 e. The fourth-order valence-electron chi connectivity index (χ4n) is 2.16. The molecule has 24 heavy (non-hydrogen) atoms. The van der Waals surface area contributed by atoms with Crippen molar-refractivity contribution in [2.75, 3.05) is 0 Å². The lowest BCUT2D eigenvalue weighted by Gasteiger charge is -2.10. The van der Waals surface area contributed by atoms with Crippen LogP contribution in [-0.4, -0.2) is 31.2 Å². The van der Waals surface area contributed by atoms with Crippen LogP contribution in [0, 0.1) is 6.92 Å². The topological polar surface area (TPSA) is 60.7 Å². The molecule has 1 heterocycles. The monoisotopic (exact) mass is 358 g/mol. The highest BCUT2D eigenvalue weighted by molar-refractivity contribution is 8.00. The van der Waals surface area contributed by atoms with Crippen molar-refractivity contribution in [3.05, 3.63) is 64.7 Å². The zero-order valence-electron chi connectivity index (χ0n) is 13.2. The van der Waals surface area contributed by atoms with Crippen LogP contribution in [0.5, 0.6) is 0 Å². The number of aryl methyl sites for hydroxylation is 1. The lowest BCUT2D eigenvalue weighted by Crippen LogP contribution is -2.14. The molecule has 0 fully saturated rings. The third kappa shape index (κ3) is 3.66. The molecule has 0 saturated carbocycles. The van der Waals surface area contributed by atoms with E-state index in [-0.39, 0.29) is 11.0 Å². The number of aromatic nitrogens is 4. The lowest BCUT2D eigenvalue weighted by molar-refractivity contribution is 0.0994. The molecular weight excluding hydrogens is 344 g/mol. The van der Waals surface area contributed by atoms with Crippen molar-refractivity contribution >= 4 is 29.1 Å². The average molecular weight is 359 g/mol. The molecule has 0 N–H and O–H groups in total. The van der Waals surface area contributed by atoms with Crippen LogP contribution in [0.1, 0.15) is 22.8 Å². The van der Waals surface area contributed by atoms with Crippen LogP contribution in [0.15, 0.2) is 53.7 Å². The molecule has 2 aromatic carbocycles. The number of benzene rings is 2. The molecule has 0 amide bonds. The first kappa shape index (κ1) is 16.7. The maximum absolute atomic E-state index is 12.6. The van der Waals surface area contributed by atoms with Gasteiger partial charge in [-0.25, -0.2) is 0 Å². The Kier molecular flexibility index (Phi) is 4.97. The highest BCUT2D eigenvalue weighted by Gasteiger charge is 2.20. The quantitative estimate of drug-likeness (QED) is 0.510. The Morgan fingerprint density at radius 1 is 1.12 bits per heavy atom. The fourth-order valence-corrected chi connectivity index (χ4v) is 3.17. The Hall–Kier alpha value is -2.18. The highest BCUT2D eigenvalue weighted by atomic mass is 35.5. The Bertz CT molecular complexity index is 846. The highest BCUT2D eigenvalue weighted by Crippen LogP contribution is 2.25. The Morgan fingerprint density at radius 3 is 2.46 bits per heavy atom. The summed E-state index contributed by atoms with van der Waals surface area (Å²) >= 11 is 7.23. The van der Waals surface area contributed by atoms with Gasteiger partial charge < -0.3 is 0 Å². The van der Waals surface area contributed by atoms with Gasteiger partial charge in [0.25, 0.3) is 0 Å². The number of hydrogen-bond acceptors (Lipinski definition) is 5. The van der Waals surface area contributed by atoms with Crippen molar-refractivity contribution < 1.29 is 4.79 Å². The zero-order valence-corrected chi connectivity index (χ0v) is 14.8. The molecule has 0 radical (unpaired) electrons. The van der Waals surface area contributed by atoms with Crippen LogP contribution in [0.4, 0.5) is 0 Å². The van der Waals surface area contributed by atoms with Crippen LogP contribution in [0.3, 0.4) is 0 Å². The molecule has 1 atom stereocenters. The van der Waals surface area contributed by atoms with Crippen molar-refractivity contribution in [1.29, 1.82) is 0 Å². The molecule has 0 aliphatic rings. The van der Waals surface area contributed by atoms with E-state index in [1.54, 1.807) is 16.8 Å². The Balaban J connectivity index is 1.79. The minimum atomic E-state index is -0.301. The normalized spacial score (nSPS) is 12.1. The van der Waals surface area contributed by atoms with E-state index in [0.29, 0.717) is 15.7 Å². The Morgan fingerprint density at radius 2 is 1.79 bits per heavy atom. The van der Waals surface area contributed by atoms with E-state index in [4.69, 9.17) is 11.6 Å². The van der Waals surface area contributed by atoms with Crippen LogP contribution in [0.25, 0.3) is 5.69 Å². The molecule has 3 aromatic rings. The summed E-state index contributed by atoms with van der Waals surface area (Å²) in [6.45, 7) is 3.85. The summed E-state index contributed by atoms with van der Waals surface area (Å²) in [6.07, 6.45) is 0. The standard InChI is InChI=1S/C17H15ClN4OS/c1-11-3-5-13(6-4-11)16(23)12(2)24-17-19-20-21-22(17)15-9-7-14(18)8-10-15/h3-10,12H,1-2H3. The third-order valence-corrected chi connectivity index (χ3v) is 4.78. The summed E-state index contributed by atoms with van der Waals surface area (Å²) in [5.41, 5.74) is 2.60. The van der Waals surface area contributed by atoms with Gasteiger partial charge in [-0.3, -0.25) is 4.79 Å². The van der Waals surface area contributed by atoms with E-state index < -0.39 is 0 Å². The van der Waals surface area contributed by atoms with Gasteiger partial charge in [-0.15, -0.1) is 5.10 Å². The fraction of sp³-hybridized carbons (Fsp3) is 0.176. The first-order chi connectivity index (χ1) is 11.5. The number of thioether (sulfide) groups is 1. The number of rotatable bonds is 5. The van der Waals surface area contributed by atoms with E-state index in [9.17, 15) is 4.79 Å². The van der Waals surface area contributed by atoms with Gasteiger partial charge in [-0.05, 0) is 48.5 Å². The number of hydrogen-bond donors (Lipinski definition) is 0. The van der Waals surface area contributed by atoms with E-state index in [1.165, 1.54) is 11.8 Å². The molecular formula is C17H15ClN4OS. The number of tetrazole rings is 1. The first-order valence-corrected chi connectivity index (χ1v) is 8.62. The summed E-state index contributed by atoms with van der Waals surface area (Å²) in [6, 6.07) is 14.8. The molecule has 1 aromatic heterocycles. The van der Waals surface area contributed by atoms with Crippen LogP contribution in [-0.2, 0) is 0 Å². The number of halogens is 1. The second kappa shape index (κ2) is 7.15. The second-order valence-electron chi connectivity index (χ2n) is 5.34. The molecule has 0 aliphatic heterocycles. The van der Waals surface area contributed by atoms with E-state index in [1.807, 2.05) is 50.2 Å².